The second kappa shape index (κ2) is 11.9. The van der Waals surface area contributed by atoms with Gasteiger partial charge >= 0.3 is 11.9 Å². The van der Waals surface area contributed by atoms with Crippen molar-refractivity contribution in [3.63, 3.8) is 0 Å². The number of carboxylic acid groups (broad SMARTS) is 2. The van der Waals surface area contributed by atoms with Crippen LogP contribution < -0.4 is 21.4 Å². The van der Waals surface area contributed by atoms with E-state index < -0.39 is 24.1 Å². The van der Waals surface area contributed by atoms with Crippen molar-refractivity contribution < 1.29 is 30.0 Å². The molecule has 8 N–H and O–H groups in total. The topological polar surface area (TPSA) is 178 Å². The molecule has 0 amide bonds. The number of hydrogen-bond donors (Lipinski definition) is 8. The molecule has 4 aromatic heterocycles. The standard InChI is InChI=1S/C34H40N4O6/c1-15-21(7-9-31(41)42)27-14-28-22(8-10-32(43)44)16(2)24(36-28)12-29-34(20(6)40)18(4)26(38-29)13-30-33(19(5)39)17(3)25(37-30)11-23(15)35-27/h11-14,19-20,35-40H,7-10H2,1-6H3,(H,41,42)(H,43,44)/t19-,20+/m1/s1. The van der Waals surface area contributed by atoms with Crippen molar-refractivity contribution in [1.82, 2.24) is 19.9 Å². The molecule has 44 heavy (non-hydrogen) atoms. The molecule has 0 saturated carbocycles. The molecule has 0 unspecified atom stereocenters. The molecule has 1 aliphatic heterocycles. The van der Waals surface area contributed by atoms with Gasteiger partial charge in [-0.2, -0.15) is 0 Å². The van der Waals surface area contributed by atoms with Crippen molar-refractivity contribution in [2.24, 2.45) is 0 Å². The van der Waals surface area contributed by atoms with Crippen molar-refractivity contribution in [2.45, 2.75) is 79.4 Å². The van der Waals surface area contributed by atoms with Crippen molar-refractivity contribution in [3.8, 4) is 0 Å². The first-order valence-electron chi connectivity index (χ1n) is 14.8. The summed E-state index contributed by atoms with van der Waals surface area (Å²) in [5, 5.41) is 43.6. The minimum atomic E-state index is -0.899. The average Bonchev–Trinajstić information content (AvgIpc) is 3.59. The predicted molar refractivity (Wildman–Crippen MR) is 168 cm³/mol. The largest absolute Gasteiger partial charge is 0.481 e. The van der Waals surface area contributed by atoms with Gasteiger partial charge in [0.15, 0.2) is 0 Å². The van der Waals surface area contributed by atoms with Gasteiger partial charge in [-0.1, -0.05) is 0 Å². The third-order valence-electron chi connectivity index (χ3n) is 8.81. The first kappa shape index (κ1) is 30.9. The van der Waals surface area contributed by atoms with Gasteiger partial charge in [0.1, 0.15) is 0 Å². The van der Waals surface area contributed by atoms with Crippen LogP contribution in [0.3, 0.4) is 0 Å². The fraction of sp³-hybridized carbons (Fsp3) is 0.353. The molecule has 0 saturated heterocycles. The summed E-state index contributed by atoms with van der Waals surface area (Å²) >= 11 is 0. The van der Waals surface area contributed by atoms with E-state index in [4.69, 9.17) is 0 Å². The zero-order chi connectivity index (χ0) is 32.0. The van der Waals surface area contributed by atoms with Gasteiger partial charge in [0.05, 0.1) is 12.2 Å². The van der Waals surface area contributed by atoms with E-state index in [1.165, 1.54) is 0 Å². The molecule has 0 aromatic carbocycles. The van der Waals surface area contributed by atoms with Gasteiger partial charge < -0.3 is 40.4 Å². The number of aromatic nitrogens is 4. The summed E-state index contributed by atoms with van der Waals surface area (Å²) in [6.45, 7) is 11.2. The lowest BCUT2D eigenvalue weighted by Gasteiger charge is -2.05. The maximum atomic E-state index is 11.6. The molecule has 1 aliphatic rings. The SMILES string of the molecule is Cc1c2[nH]c(c1CCC(=O)O)C=c1[nH]c(c(C)c1CCC(=O)O)=Cc1[nH]c(c([C@@H](C)O)c1C)C=c1[nH]c(c([C@H](C)O)c1C)=C2. The molecule has 0 aliphatic carbocycles. The summed E-state index contributed by atoms with van der Waals surface area (Å²) in [7, 11) is 0. The molecule has 0 spiro atoms. The highest BCUT2D eigenvalue weighted by Gasteiger charge is 2.20. The Kier molecular flexibility index (Phi) is 8.33. The zero-order valence-electron chi connectivity index (χ0n) is 25.9. The van der Waals surface area contributed by atoms with Crippen LogP contribution in [0.2, 0.25) is 0 Å². The first-order chi connectivity index (χ1) is 20.8. The number of nitrogens with one attached hydrogen (secondary N) is 4. The zero-order valence-corrected chi connectivity index (χ0v) is 25.9. The number of H-pyrrole nitrogens is 4. The number of aliphatic hydroxyl groups is 2. The third-order valence-corrected chi connectivity index (χ3v) is 8.81. The lowest BCUT2D eigenvalue weighted by atomic mass is 10.0. The highest BCUT2D eigenvalue weighted by atomic mass is 16.4. The minimum absolute atomic E-state index is 0.0448. The van der Waals surface area contributed by atoms with Gasteiger partial charge in [0, 0.05) is 68.1 Å². The first-order valence-corrected chi connectivity index (χ1v) is 14.8. The Bertz CT molecular complexity index is 2030. The van der Waals surface area contributed by atoms with Crippen LogP contribution in [0.5, 0.6) is 0 Å². The predicted octanol–water partition coefficient (Wildman–Crippen LogP) is 2.00. The van der Waals surface area contributed by atoms with Crippen LogP contribution >= 0.6 is 0 Å². The van der Waals surface area contributed by atoms with Crippen LogP contribution in [0.25, 0.3) is 24.3 Å². The highest BCUT2D eigenvalue weighted by molar-refractivity contribution is 5.70. The summed E-state index contributed by atoms with van der Waals surface area (Å²) in [5.41, 5.74) is 9.79. The Morgan fingerprint density at radius 1 is 0.568 bits per heavy atom. The summed E-state index contributed by atoms with van der Waals surface area (Å²) in [5.74, 6) is -1.80. The Morgan fingerprint density at radius 3 is 1.66 bits per heavy atom. The van der Waals surface area contributed by atoms with E-state index in [0.717, 1.165) is 83.3 Å². The van der Waals surface area contributed by atoms with Gasteiger partial charge in [-0.15, -0.1) is 0 Å². The average molecular weight is 601 g/mol. The van der Waals surface area contributed by atoms with E-state index in [9.17, 15) is 30.0 Å². The number of fused-ring (bicyclic) bond motifs is 8. The molecule has 0 fully saturated rings. The van der Waals surface area contributed by atoms with Crippen LogP contribution in [-0.2, 0) is 22.4 Å². The fourth-order valence-electron chi connectivity index (χ4n) is 6.48. The monoisotopic (exact) mass is 600 g/mol. The molecular weight excluding hydrogens is 560 g/mol. The van der Waals surface area contributed by atoms with E-state index in [1.54, 1.807) is 13.8 Å². The maximum Gasteiger partial charge on any atom is 0.303 e. The highest BCUT2D eigenvalue weighted by Crippen LogP contribution is 2.27. The lowest BCUT2D eigenvalue weighted by Crippen LogP contribution is -2.14. The molecule has 8 bridgehead atoms. The van der Waals surface area contributed by atoms with Crippen LogP contribution in [0.1, 0.15) is 106 Å². The van der Waals surface area contributed by atoms with Crippen LogP contribution in [0.4, 0.5) is 0 Å². The number of carboxylic acids is 2. The number of aliphatic hydroxyl groups excluding tert-OH is 2. The second-order valence-corrected chi connectivity index (χ2v) is 11.8. The van der Waals surface area contributed by atoms with Crippen molar-refractivity contribution in [3.05, 3.63) is 88.7 Å². The number of rotatable bonds is 8. The number of aromatic amines is 4. The van der Waals surface area contributed by atoms with Crippen LogP contribution in [0.15, 0.2) is 0 Å². The van der Waals surface area contributed by atoms with Crippen molar-refractivity contribution in [1.29, 1.82) is 0 Å². The molecule has 4 aromatic rings. The summed E-state index contributed by atoms with van der Waals surface area (Å²) < 4.78 is 0. The van der Waals surface area contributed by atoms with Gasteiger partial charge in [0.2, 0.25) is 0 Å². The minimum Gasteiger partial charge on any atom is -0.481 e. The lowest BCUT2D eigenvalue weighted by molar-refractivity contribution is -0.138. The molecule has 232 valence electrons. The molecule has 0 radical (unpaired) electrons. The molecule has 10 heteroatoms. The summed E-state index contributed by atoms with van der Waals surface area (Å²) in [4.78, 5) is 37.1. The Balaban J connectivity index is 1.93. The molecule has 5 rings (SSSR count). The van der Waals surface area contributed by atoms with Gasteiger partial charge in [-0.3, -0.25) is 9.59 Å². The fourth-order valence-corrected chi connectivity index (χ4v) is 6.48. The molecule has 2 atom stereocenters. The van der Waals surface area contributed by atoms with E-state index in [0.29, 0.717) is 18.2 Å². The number of carbonyl (C=O) groups is 2. The molecule has 5 heterocycles. The van der Waals surface area contributed by atoms with E-state index in [2.05, 4.69) is 19.9 Å². The van der Waals surface area contributed by atoms with Gasteiger partial charge in [-0.25, -0.2) is 0 Å². The van der Waals surface area contributed by atoms with Crippen molar-refractivity contribution >= 4 is 36.2 Å². The quantitative estimate of drug-likeness (QED) is 0.135. The Hall–Kier alpha value is -4.54. The van der Waals surface area contributed by atoms with E-state index >= 15 is 0 Å². The Morgan fingerprint density at radius 2 is 1.05 bits per heavy atom. The van der Waals surface area contributed by atoms with E-state index in [-0.39, 0.29) is 12.8 Å². The normalized spacial score (nSPS) is 13.8. The van der Waals surface area contributed by atoms with Crippen LogP contribution in [0, 0.1) is 27.7 Å². The smallest absolute Gasteiger partial charge is 0.303 e. The van der Waals surface area contributed by atoms with Crippen molar-refractivity contribution in [2.75, 3.05) is 0 Å². The summed E-state index contributed by atoms with van der Waals surface area (Å²) in [6, 6.07) is 0. The van der Waals surface area contributed by atoms with E-state index in [1.807, 2.05) is 52.0 Å². The third kappa shape index (κ3) is 5.70. The van der Waals surface area contributed by atoms with Crippen LogP contribution in [-0.4, -0.2) is 52.3 Å². The molecule has 10 nitrogen and oxygen atoms in total. The van der Waals surface area contributed by atoms with Gasteiger partial charge in [-0.05, 0) is 112 Å². The van der Waals surface area contributed by atoms with Gasteiger partial charge in [0.25, 0.3) is 0 Å². The number of aliphatic carboxylic acids is 2. The molecular formula is C34H40N4O6. The number of hydrogen-bond acceptors (Lipinski definition) is 4. The Labute approximate surface area is 254 Å². The maximum absolute atomic E-state index is 11.6. The second-order valence-electron chi connectivity index (χ2n) is 11.8. The summed E-state index contributed by atoms with van der Waals surface area (Å²) in [6.07, 6.45) is 6.78.